The molecule has 0 aliphatic rings. The van der Waals surface area contributed by atoms with Crippen molar-refractivity contribution in [1.82, 2.24) is 0 Å². The van der Waals surface area contributed by atoms with Gasteiger partial charge in [-0.1, -0.05) is 17.7 Å². The summed E-state index contributed by atoms with van der Waals surface area (Å²) in [5.74, 6) is -0.427. The molecule has 0 atom stereocenters. The summed E-state index contributed by atoms with van der Waals surface area (Å²) >= 11 is 0. The lowest BCUT2D eigenvalue weighted by Gasteiger charge is -2.12. The second kappa shape index (κ2) is 6.83. The Labute approximate surface area is 136 Å². The predicted molar refractivity (Wildman–Crippen MR) is 89.1 cm³/mol. The number of hydrogen-bond donors (Lipinski definition) is 1. The first-order valence-electron chi connectivity index (χ1n) is 7.21. The molecular formula is C17H19NO4S. The number of anilines is 1. The zero-order valence-corrected chi connectivity index (χ0v) is 14.1. The van der Waals surface area contributed by atoms with Crippen molar-refractivity contribution in [3.05, 3.63) is 59.2 Å². The number of aryl methyl sites for hydroxylation is 2. The van der Waals surface area contributed by atoms with E-state index >= 15 is 0 Å². The highest BCUT2D eigenvalue weighted by atomic mass is 32.2. The average molecular weight is 333 g/mol. The number of sulfonamides is 1. The maximum atomic E-state index is 12.4. The monoisotopic (exact) mass is 333 g/mol. The molecular weight excluding hydrogens is 314 g/mol. The van der Waals surface area contributed by atoms with Crippen LogP contribution in [0.2, 0.25) is 0 Å². The van der Waals surface area contributed by atoms with E-state index in [4.69, 9.17) is 4.74 Å². The molecule has 2 aromatic carbocycles. The van der Waals surface area contributed by atoms with Crippen molar-refractivity contribution < 1.29 is 17.9 Å². The lowest BCUT2D eigenvalue weighted by molar-refractivity contribution is 0.0526. The van der Waals surface area contributed by atoms with Crippen LogP contribution in [0, 0.1) is 13.8 Å². The second-order valence-electron chi connectivity index (χ2n) is 5.17. The van der Waals surface area contributed by atoms with Crippen molar-refractivity contribution in [3.8, 4) is 0 Å². The fourth-order valence-corrected chi connectivity index (χ4v) is 3.17. The molecule has 0 saturated heterocycles. The number of ether oxygens (including phenoxy) is 1. The standard InChI is InChI=1S/C17H19NO4S/c1-4-22-17(19)14-7-10-16(13(3)11-14)18-23(20,21)15-8-5-12(2)6-9-15/h5-11,18H,4H2,1-3H3. The summed E-state index contributed by atoms with van der Waals surface area (Å²) in [5, 5.41) is 0. The molecule has 1 N–H and O–H groups in total. The number of carbonyl (C=O) groups excluding carboxylic acids is 1. The molecule has 0 bridgehead atoms. The summed E-state index contributed by atoms with van der Waals surface area (Å²) < 4.78 is 32.2. The molecule has 0 radical (unpaired) electrons. The topological polar surface area (TPSA) is 72.5 Å². The highest BCUT2D eigenvalue weighted by Crippen LogP contribution is 2.21. The third-order valence-electron chi connectivity index (χ3n) is 3.31. The summed E-state index contributed by atoms with van der Waals surface area (Å²) in [6, 6.07) is 11.3. The van der Waals surface area contributed by atoms with Gasteiger partial charge in [-0.2, -0.15) is 0 Å². The lowest BCUT2D eigenvalue weighted by atomic mass is 10.1. The molecule has 0 aliphatic carbocycles. The zero-order valence-electron chi connectivity index (χ0n) is 13.3. The van der Waals surface area contributed by atoms with Crippen LogP contribution >= 0.6 is 0 Å². The van der Waals surface area contributed by atoms with E-state index in [1.807, 2.05) is 6.92 Å². The molecule has 0 spiro atoms. The Balaban J connectivity index is 2.26. The molecule has 23 heavy (non-hydrogen) atoms. The van der Waals surface area contributed by atoms with Gasteiger partial charge in [-0.05, 0) is 56.7 Å². The van der Waals surface area contributed by atoms with E-state index in [0.29, 0.717) is 23.4 Å². The minimum absolute atomic E-state index is 0.192. The van der Waals surface area contributed by atoms with E-state index in [9.17, 15) is 13.2 Å². The van der Waals surface area contributed by atoms with Gasteiger partial charge in [0.05, 0.1) is 22.8 Å². The third-order valence-corrected chi connectivity index (χ3v) is 4.69. The van der Waals surface area contributed by atoms with Crippen molar-refractivity contribution in [2.24, 2.45) is 0 Å². The molecule has 5 nitrogen and oxygen atoms in total. The van der Waals surface area contributed by atoms with E-state index < -0.39 is 16.0 Å². The van der Waals surface area contributed by atoms with Gasteiger partial charge in [0.1, 0.15) is 0 Å². The van der Waals surface area contributed by atoms with Crippen molar-refractivity contribution in [2.45, 2.75) is 25.7 Å². The number of rotatable bonds is 5. The SMILES string of the molecule is CCOC(=O)c1ccc(NS(=O)(=O)c2ccc(C)cc2)c(C)c1. The van der Waals surface area contributed by atoms with E-state index in [1.165, 1.54) is 6.07 Å². The van der Waals surface area contributed by atoms with Crippen molar-refractivity contribution >= 4 is 21.7 Å². The predicted octanol–water partition coefficient (Wildman–Crippen LogP) is 3.28. The van der Waals surface area contributed by atoms with Crippen LogP contribution in [-0.2, 0) is 14.8 Å². The molecule has 0 fully saturated rings. The quantitative estimate of drug-likeness (QED) is 0.852. The maximum Gasteiger partial charge on any atom is 0.338 e. The van der Waals surface area contributed by atoms with E-state index in [2.05, 4.69) is 4.72 Å². The number of hydrogen-bond acceptors (Lipinski definition) is 4. The van der Waals surface area contributed by atoms with Crippen LogP contribution in [0.3, 0.4) is 0 Å². The number of nitrogens with one attached hydrogen (secondary N) is 1. The Morgan fingerprint density at radius 1 is 1.09 bits per heavy atom. The van der Waals surface area contributed by atoms with E-state index in [1.54, 1.807) is 50.2 Å². The first kappa shape index (κ1) is 17.0. The van der Waals surface area contributed by atoms with Gasteiger partial charge in [0.2, 0.25) is 0 Å². The summed E-state index contributed by atoms with van der Waals surface area (Å²) in [6.45, 7) is 5.65. The Bertz CT molecular complexity index is 811. The van der Waals surface area contributed by atoms with Gasteiger partial charge in [0, 0.05) is 0 Å². The van der Waals surface area contributed by atoms with Gasteiger partial charge in [-0.25, -0.2) is 13.2 Å². The van der Waals surface area contributed by atoms with Gasteiger partial charge < -0.3 is 4.74 Å². The van der Waals surface area contributed by atoms with Gasteiger partial charge in [0.25, 0.3) is 10.0 Å². The fraction of sp³-hybridized carbons (Fsp3) is 0.235. The van der Waals surface area contributed by atoms with Gasteiger partial charge in [-0.3, -0.25) is 4.72 Å². The number of esters is 1. The molecule has 2 rings (SSSR count). The van der Waals surface area contributed by atoms with Crippen LogP contribution in [0.5, 0.6) is 0 Å². The highest BCUT2D eigenvalue weighted by molar-refractivity contribution is 7.92. The van der Waals surface area contributed by atoms with Crippen LogP contribution in [0.15, 0.2) is 47.4 Å². The largest absolute Gasteiger partial charge is 0.462 e. The highest BCUT2D eigenvalue weighted by Gasteiger charge is 2.16. The normalized spacial score (nSPS) is 11.1. The number of benzene rings is 2. The maximum absolute atomic E-state index is 12.4. The Hall–Kier alpha value is -2.34. The molecule has 122 valence electrons. The van der Waals surface area contributed by atoms with E-state index in [0.717, 1.165) is 5.56 Å². The fourth-order valence-electron chi connectivity index (χ4n) is 2.04. The minimum atomic E-state index is -3.66. The molecule has 0 aromatic heterocycles. The first-order valence-corrected chi connectivity index (χ1v) is 8.69. The average Bonchev–Trinajstić information content (AvgIpc) is 2.50. The molecule has 6 heteroatoms. The molecule has 2 aromatic rings. The van der Waals surface area contributed by atoms with Crippen molar-refractivity contribution in [1.29, 1.82) is 0 Å². The Kier molecular flexibility index (Phi) is 5.05. The first-order chi connectivity index (χ1) is 10.8. The Morgan fingerprint density at radius 2 is 1.74 bits per heavy atom. The van der Waals surface area contributed by atoms with E-state index in [-0.39, 0.29) is 4.90 Å². The molecule has 0 heterocycles. The van der Waals surface area contributed by atoms with Gasteiger partial charge in [0.15, 0.2) is 0 Å². The molecule has 0 amide bonds. The second-order valence-corrected chi connectivity index (χ2v) is 6.85. The van der Waals surface area contributed by atoms with Crippen LogP contribution in [0.25, 0.3) is 0 Å². The molecule has 0 aliphatic heterocycles. The van der Waals surface area contributed by atoms with Gasteiger partial charge >= 0.3 is 5.97 Å². The smallest absolute Gasteiger partial charge is 0.338 e. The summed E-state index contributed by atoms with van der Waals surface area (Å²) in [7, 11) is -3.66. The van der Waals surface area contributed by atoms with Crippen molar-refractivity contribution in [3.63, 3.8) is 0 Å². The summed E-state index contributed by atoms with van der Waals surface area (Å²) in [5.41, 5.74) is 2.45. The minimum Gasteiger partial charge on any atom is -0.462 e. The zero-order chi connectivity index (χ0) is 17.0. The Morgan fingerprint density at radius 3 is 2.30 bits per heavy atom. The van der Waals surface area contributed by atoms with Crippen LogP contribution in [0.1, 0.15) is 28.4 Å². The molecule has 0 saturated carbocycles. The van der Waals surface area contributed by atoms with Crippen LogP contribution in [0.4, 0.5) is 5.69 Å². The van der Waals surface area contributed by atoms with Gasteiger partial charge in [-0.15, -0.1) is 0 Å². The van der Waals surface area contributed by atoms with Crippen LogP contribution in [-0.4, -0.2) is 21.0 Å². The van der Waals surface area contributed by atoms with Crippen LogP contribution < -0.4 is 4.72 Å². The van der Waals surface area contributed by atoms with Crippen molar-refractivity contribution in [2.75, 3.05) is 11.3 Å². The lowest BCUT2D eigenvalue weighted by Crippen LogP contribution is -2.14. The third kappa shape index (κ3) is 4.10. The summed E-state index contributed by atoms with van der Waals surface area (Å²) in [6.07, 6.45) is 0. The number of carbonyl (C=O) groups is 1. The molecule has 0 unspecified atom stereocenters. The summed E-state index contributed by atoms with van der Waals surface area (Å²) in [4.78, 5) is 11.9.